The Morgan fingerprint density at radius 2 is 1.65 bits per heavy atom. The molecule has 210 valence electrons. The summed E-state index contributed by atoms with van der Waals surface area (Å²) in [7, 11) is 2.56. The summed E-state index contributed by atoms with van der Waals surface area (Å²) < 4.78 is 61.9. The van der Waals surface area contributed by atoms with E-state index in [9.17, 15) is 8.78 Å². The van der Waals surface area contributed by atoms with Gasteiger partial charge in [-0.05, 0) is 12.5 Å². The molecule has 3 heterocycles. The molecule has 1 aromatic heterocycles. The summed E-state index contributed by atoms with van der Waals surface area (Å²) in [5, 5.41) is 3.15. The maximum absolute atomic E-state index is 14.5. The van der Waals surface area contributed by atoms with Gasteiger partial charge in [-0.2, -0.15) is 0 Å². The molecular weight excluding hydrogens is 526 g/mol. The number of anilines is 1. The van der Waals surface area contributed by atoms with Crippen molar-refractivity contribution in [3.8, 4) is 17.2 Å². The van der Waals surface area contributed by atoms with Crippen LogP contribution in [0, 0.1) is 11.6 Å². The predicted molar refractivity (Wildman–Crippen MR) is 140 cm³/mol. The third-order valence-corrected chi connectivity index (χ3v) is 6.14. The first-order chi connectivity index (χ1) is 19.5. The minimum Gasteiger partial charge on any atom is -0.494 e. The molecule has 1 unspecified atom stereocenters. The lowest BCUT2D eigenvalue weighted by Gasteiger charge is -2.30. The number of hydrogen-bond acceptors (Lipinski definition) is 10. The van der Waals surface area contributed by atoms with Crippen LogP contribution in [0.2, 0.25) is 0 Å². The SMILES string of the molecule is COc1cc(OC)c(F)c(COc2cnc(NC3C=NC(OC4COC(c5ccccc5)OC4)=CC3)nc2)c1F. The molecular formula is C28H28F2N4O6. The Balaban J connectivity index is 1.08. The van der Waals surface area contributed by atoms with E-state index >= 15 is 0 Å². The van der Waals surface area contributed by atoms with Crippen molar-refractivity contribution in [3.05, 3.63) is 83.5 Å². The summed E-state index contributed by atoms with van der Waals surface area (Å²) in [6.07, 6.45) is 6.31. The molecule has 0 radical (unpaired) electrons. The van der Waals surface area contributed by atoms with E-state index in [1.165, 1.54) is 26.6 Å². The average molecular weight is 555 g/mol. The largest absolute Gasteiger partial charge is 0.494 e. The van der Waals surface area contributed by atoms with E-state index in [2.05, 4.69) is 20.3 Å². The molecule has 1 atom stereocenters. The summed E-state index contributed by atoms with van der Waals surface area (Å²) in [5.74, 6) is -0.982. The zero-order valence-corrected chi connectivity index (χ0v) is 21.9. The van der Waals surface area contributed by atoms with Gasteiger partial charge in [0.15, 0.2) is 35.2 Å². The molecule has 10 nitrogen and oxygen atoms in total. The Bertz CT molecular complexity index is 1320. The van der Waals surface area contributed by atoms with E-state index < -0.39 is 24.5 Å². The van der Waals surface area contributed by atoms with Crippen molar-refractivity contribution in [3.63, 3.8) is 0 Å². The number of benzene rings is 2. The number of aliphatic imine (C=N–C) groups is 1. The van der Waals surface area contributed by atoms with E-state index in [0.717, 1.165) is 11.6 Å². The van der Waals surface area contributed by atoms with E-state index in [4.69, 9.17) is 28.4 Å². The number of rotatable bonds is 10. The molecule has 2 aromatic carbocycles. The second kappa shape index (κ2) is 12.7. The topological polar surface area (TPSA) is 106 Å². The van der Waals surface area contributed by atoms with Crippen molar-refractivity contribution in [1.82, 2.24) is 9.97 Å². The van der Waals surface area contributed by atoms with Crippen molar-refractivity contribution in [2.45, 2.75) is 31.5 Å². The molecule has 0 aliphatic carbocycles. The minimum absolute atomic E-state index is 0.151. The molecule has 3 aromatic rings. The van der Waals surface area contributed by atoms with E-state index in [0.29, 0.717) is 31.5 Å². The van der Waals surface area contributed by atoms with Gasteiger partial charge in [-0.3, -0.25) is 0 Å². The van der Waals surface area contributed by atoms with Gasteiger partial charge in [0.25, 0.3) is 0 Å². The van der Waals surface area contributed by atoms with E-state index in [1.807, 2.05) is 36.4 Å². The maximum atomic E-state index is 14.5. The van der Waals surface area contributed by atoms with Crippen LogP contribution in [-0.4, -0.2) is 55.8 Å². The highest BCUT2D eigenvalue weighted by molar-refractivity contribution is 5.70. The van der Waals surface area contributed by atoms with E-state index in [1.54, 1.807) is 6.21 Å². The summed E-state index contributed by atoms with van der Waals surface area (Å²) >= 11 is 0. The van der Waals surface area contributed by atoms with Crippen LogP contribution < -0.4 is 19.5 Å². The molecule has 12 heteroatoms. The number of hydrogen-bond donors (Lipinski definition) is 1. The van der Waals surface area contributed by atoms with Crippen LogP contribution >= 0.6 is 0 Å². The van der Waals surface area contributed by atoms with Gasteiger partial charge < -0.3 is 33.7 Å². The normalized spacial score (nSPS) is 20.4. The zero-order valence-electron chi connectivity index (χ0n) is 21.9. The molecule has 0 bridgehead atoms. The van der Waals surface area contributed by atoms with Gasteiger partial charge in [0.1, 0.15) is 12.7 Å². The van der Waals surface area contributed by atoms with Crippen LogP contribution in [0.4, 0.5) is 14.7 Å². The summed E-state index contributed by atoms with van der Waals surface area (Å²) in [4.78, 5) is 12.8. The number of ether oxygens (including phenoxy) is 6. The summed E-state index contributed by atoms with van der Waals surface area (Å²) in [6.45, 7) is 0.371. The van der Waals surface area contributed by atoms with Crippen LogP contribution in [-0.2, 0) is 20.8 Å². The highest BCUT2D eigenvalue weighted by atomic mass is 19.1. The van der Waals surface area contributed by atoms with Gasteiger partial charge in [-0.25, -0.2) is 23.7 Å². The predicted octanol–water partition coefficient (Wildman–Crippen LogP) is 4.58. The lowest BCUT2D eigenvalue weighted by Crippen LogP contribution is -2.34. The van der Waals surface area contributed by atoms with Crippen LogP contribution in [0.5, 0.6) is 17.2 Å². The number of halogens is 2. The summed E-state index contributed by atoms with van der Waals surface area (Å²) in [6, 6.07) is 10.7. The average Bonchev–Trinajstić information content (AvgIpc) is 3.00. The van der Waals surface area contributed by atoms with E-state index in [-0.39, 0.29) is 35.0 Å². The van der Waals surface area contributed by atoms with Crippen molar-refractivity contribution >= 4 is 12.2 Å². The fourth-order valence-electron chi connectivity index (χ4n) is 4.06. The molecule has 0 spiro atoms. The standard InChI is InChI=1S/C28H28F2N4O6/c1-35-22-10-23(36-2)26(30)21(25(22)29)16-37-19-12-32-28(33-13-19)34-18-8-9-24(31-11-18)40-20-14-38-27(39-15-20)17-6-4-3-5-7-17/h3-7,9-13,18,20,27H,8,14-16H2,1-2H3,(H,32,33,34). The Hall–Kier alpha value is -4.29. The fourth-order valence-corrected chi connectivity index (χ4v) is 4.06. The van der Waals surface area contributed by atoms with Gasteiger partial charge in [0.05, 0.1) is 51.4 Å². The van der Waals surface area contributed by atoms with Crippen LogP contribution in [0.25, 0.3) is 0 Å². The quantitative estimate of drug-likeness (QED) is 0.386. The number of nitrogens with zero attached hydrogens (tertiary/aromatic N) is 3. The molecule has 40 heavy (non-hydrogen) atoms. The molecule has 0 amide bonds. The third kappa shape index (κ3) is 6.46. The monoisotopic (exact) mass is 554 g/mol. The van der Waals surface area contributed by atoms with Gasteiger partial charge in [-0.15, -0.1) is 0 Å². The fraction of sp³-hybridized carbons (Fsp3) is 0.321. The van der Waals surface area contributed by atoms with Gasteiger partial charge in [-0.1, -0.05) is 30.3 Å². The van der Waals surface area contributed by atoms with Crippen LogP contribution in [0.3, 0.4) is 0 Å². The molecule has 1 fully saturated rings. The highest BCUT2D eigenvalue weighted by Crippen LogP contribution is 2.32. The molecule has 5 rings (SSSR count). The first kappa shape index (κ1) is 27.3. The maximum Gasteiger partial charge on any atom is 0.223 e. The number of methoxy groups -OCH3 is 2. The number of aromatic nitrogens is 2. The smallest absolute Gasteiger partial charge is 0.223 e. The van der Waals surface area contributed by atoms with Crippen LogP contribution in [0.1, 0.15) is 23.8 Å². The second-order valence-corrected chi connectivity index (χ2v) is 8.87. The van der Waals surface area contributed by atoms with Gasteiger partial charge in [0.2, 0.25) is 11.8 Å². The zero-order chi connectivity index (χ0) is 27.9. The summed E-state index contributed by atoms with van der Waals surface area (Å²) in [5.41, 5.74) is 0.635. The Labute approximate surface area is 229 Å². The molecule has 2 aliphatic heterocycles. The molecule has 1 N–H and O–H groups in total. The first-order valence-electron chi connectivity index (χ1n) is 12.5. The molecule has 1 saturated heterocycles. The number of nitrogens with one attached hydrogen (secondary N) is 1. The van der Waals surface area contributed by atoms with Gasteiger partial charge in [0, 0.05) is 17.8 Å². The van der Waals surface area contributed by atoms with Crippen molar-refractivity contribution in [2.24, 2.45) is 4.99 Å². The van der Waals surface area contributed by atoms with Gasteiger partial charge >= 0.3 is 0 Å². The first-order valence-corrected chi connectivity index (χ1v) is 12.5. The third-order valence-electron chi connectivity index (χ3n) is 6.14. The Kier molecular flexibility index (Phi) is 8.67. The molecule has 2 aliphatic rings. The minimum atomic E-state index is -0.868. The molecule has 0 saturated carbocycles. The van der Waals surface area contributed by atoms with Crippen LogP contribution in [0.15, 0.2) is 65.7 Å². The lowest BCUT2D eigenvalue weighted by atomic mass is 10.1. The second-order valence-electron chi connectivity index (χ2n) is 8.87. The Morgan fingerprint density at radius 1 is 0.975 bits per heavy atom. The lowest BCUT2D eigenvalue weighted by molar-refractivity contribution is -0.224. The van der Waals surface area contributed by atoms with Crippen molar-refractivity contribution in [2.75, 3.05) is 32.8 Å². The van der Waals surface area contributed by atoms with Crippen molar-refractivity contribution in [1.29, 1.82) is 0 Å². The highest BCUT2D eigenvalue weighted by Gasteiger charge is 2.26. The Morgan fingerprint density at radius 3 is 2.25 bits per heavy atom. The van der Waals surface area contributed by atoms with Crippen molar-refractivity contribution < 1.29 is 37.2 Å².